The Morgan fingerprint density at radius 2 is 1.76 bits per heavy atom. The molecule has 0 amide bonds. The Hall–Kier alpha value is -2.87. The molecule has 4 rings (SSSR count). The second-order valence-corrected chi connectivity index (χ2v) is 8.30. The highest BCUT2D eigenvalue weighted by molar-refractivity contribution is 5.28. The number of piperazine rings is 1. The summed E-state index contributed by atoms with van der Waals surface area (Å²) in [5.74, 6) is 2.02. The van der Waals surface area contributed by atoms with Gasteiger partial charge in [-0.05, 0) is 43.5 Å². The summed E-state index contributed by atoms with van der Waals surface area (Å²) in [6, 6.07) is 4.82. The van der Waals surface area contributed by atoms with Crippen molar-refractivity contribution >= 4 is 0 Å². The molecule has 0 saturated carbocycles. The third-order valence-corrected chi connectivity index (χ3v) is 5.88. The summed E-state index contributed by atoms with van der Waals surface area (Å²) in [5.41, 5.74) is 0.682. The van der Waals surface area contributed by atoms with Gasteiger partial charge in [0.25, 0.3) is 0 Å². The van der Waals surface area contributed by atoms with E-state index in [1.807, 2.05) is 0 Å². The summed E-state index contributed by atoms with van der Waals surface area (Å²) in [6.07, 6.45) is 9.19. The molecule has 1 aliphatic carbocycles. The predicted molar refractivity (Wildman–Crippen MR) is 119 cm³/mol. The number of rotatable bonds is 8. The summed E-state index contributed by atoms with van der Waals surface area (Å²) >= 11 is 0. The predicted octanol–water partition coefficient (Wildman–Crippen LogP) is 5.45. The molecule has 0 unspecified atom stereocenters. The summed E-state index contributed by atoms with van der Waals surface area (Å²) in [6.45, 7) is 4.82. The minimum Gasteiger partial charge on any atom is -0.494 e. The fourth-order valence-electron chi connectivity index (χ4n) is 3.97. The van der Waals surface area contributed by atoms with E-state index in [0.717, 1.165) is 82.2 Å². The van der Waals surface area contributed by atoms with Crippen LogP contribution in [0, 0.1) is 0 Å². The molecule has 178 valence electrons. The van der Waals surface area contributed by atoms with Crippen LogP contribution in [-0.2, 0) is 15.7 Å². The summed E-state index contributed by atoms with van der Waals surface area (Å²) in [7, 11) is 0. The second-order valence-electron chi connectivity index (χ2n) is 8.30. The number of benzene rings is 1. The maximum atomic E-state index is 12.6. The third kappa shape index (κ3) is 6.81. The number of hydrogen-bond acceptors (Lipinski definition) is 5. The van der Waals surface area contributed by atoms with Gasteiger partial charge in [0.2, 0.25) is 5.88 Å². The lowest BCUT2D eigenvalue weighted by Crippen LogP contribution is -2.46. The molecule has 0 aromatic heterocycles. The summed E-state index contributed by atoms with van der Waals surface area (Å²) in [5, 5.41) is 0. The monoisotopic (exact) mass is 462 g/mol. The van der Waals surface area contributed by atoms with Gasteiger partial charge in [-0.1, -0.05) is 23.8 Å². The number of nitrogens with zero attached hydrogens (tertiary/aromatic N) is 2. The Morgan fingerprint density at radius 1 is 0.970 bits per heavy atom. The number of alkyl halides is 3. The number of hydrogen-bond donors (Lipinski definition) is 0. The van der Waals surface area contributed by atoms with Gasteiger partial charge in [0, 0.05) is 39.1 Å². The maximum Gasteiger partial charge on any atom is 0.416 e. The molecule has 3 aliphatic rings. The molecule has 2 heterocycles. The molecule has 1 aromatic rings. The van der Waals surface area contributed by atoms with Crippen molar-refractivity contribution in [1.29, 1.82) is 0 Å². The molecule has 0 atom stereocenters. The van der Waals surface area contributed by atoms with Crippen LogP contribution in [0.25, 0.3) is 0 Å². The smallest absolute Gasteiger partial charge is 0.416 e. The van der Waals surface area contributed by atoms with Crippen molar-refractivity contribution in [2.24, 2.45) is 0 Å². The largest absolute Gasteiger partial charge is 0.494 e. The molecule has 1 aromatic carbocycles. The van der Waals surface area contributed by atoms with Gasteiger partial charge in [-0.15, -0.1) is 0 Å². The van der Waals surface area contributed by atoms with Crippen molar-refractivity contribution < 1.29 is 27.4 Å². The van der Waals surface area contributed by atoms with E-state index in [4.69, 9.17) is 14.2 Å². The van der Waals surface area contributed by atoms with Gasteiger partial charge >= 0.3 is 6.18 Å². The third-order valence-electron chi connectivity index (χ3n) is 5.88. The number of ether oxygens (including phenoxy) is 3. The van der Waals surface area contributed by atoms with Gasteiger partial charge in [0.05, 0.1) is 12.2 Å². The molecule has 5 nitrogen and oxygen atoms in total. The molecule has 0 N–H and O–H groups in total. The van der Waals surface area contributed by atoms with Gasteiger partial charge in [0.1, 0.15) is 17.8 Å². The minimum absolute atomic E-state index is 0.456. The first-order valence-electron chi connectivity index (χ1n) is 11.3. The Morgan fingerprint density at radius 3 is 2.39 bits per heavy atom. The van der Waals surface area contributed by atoms with Crippen LogP contribution in [0.4, 0.5) is 13.2 Å². The number of halogens is 3. The van der Waals surface area contributed by atoms with E-state index in [1.165, 1.54) is 17.7 Å². The fourth-order valence-corrected chi connectivity index (χ4v) is 3.97. The van der Waals surface area contributed by atoms with Gasteiger partial charge < -0.3 is 19.1 Å². The van der Waals surface area contributed by atoms with Crippen LogP contribution < -0.4 is 4.74 Å². The van der Waals surface area contributed by atoms with Gasteiger partial charge in [-0.2, -0.15) is 13.2 Å². The molecule has 0 radical (unpaired) electrons. The zero-order chi connectivity index (χ0) is 23.1. The molecular weight excluding hydrogens is 433 g/mol. The maximum absolute atomic E-state index is 12.6. The van der Waals surface area contributed by atoms with Gasteiger partial charge in [-0.25, -0.2) is 0 Å². The molecule has 1 fully saturated rings. The van der Waals surface area contributed by atoms with Crippen LogP contribution in [0.5, 0.6) is 5.75 Å². The van der Waals surface area contributed by atoms with Crippen LogP contribution in [0.3, 0.4) is 0 Å². The van der Waals surface area contributed by atoms with Crippen LogP contribution >= 0.6 is 0 Å². The van der Waals surface area contributed by atoms with E-state index in [1.54, 1.807) is 12.5 Å². The second kappa shape index (κ2) is 10.8. The van der Waals surface area contributed by atoms with E-state index in [2.05, 4.69) is 28.0 Å². The van der Waals surface area contributed by atoms with Crippen molar-refractivity contribution in [3.8, 4) is 5.75 Å². The van der Waals surface area contributed by atoms with Crippen molar-refractivity contribution in [1.82, 2.24) is 9.80 Å². The zero-order valence-corrected chi connectivity index (χ0v) is 18.5. The molecule has 0 bridgehead atoms. The lowest BCUT2D eigenvalue weighted by Gasteiger charge is -2.36. The lowest BCUT2D eigenvalue weighted by atomic mass is 10.0. The Kier molecular flexibility index (Phi) is 7.65. The van der Waals surface area contributed by atoms with Gasteiger partial charge in [0.15, 0.2) is 6.26 Å². The van der Waals surface area contributed by atoms with Crippen molar-refractivity contribution in [3.05, 3.63) is 77.8 Å². The molecular formula is C25H29F3N2O3. The van der Waals surface area contributed by atoms with Crippen LogP contribution in [0.2, 0.25) is 0 Å². The fraction of sp³-hybridized carbons (Fsp3) is 0.440. The number of allylic oxidation sites excluding steroid dienone is 4. The molecule has 2 aliphatic heterocycles. The topological polar surface area (TPSA) is 34.2 Å². The van der Waals surface area contributed by atoms with E-state index in [-0.39, 0.29) is 0 Å². The van der Waals surface area contributed by atoms with Crippen molar-refractivity contribution in [2.45, 2.75) is 31.9 Å². The van der Waals surface area contributed by atoms with Crippen LogP contribution in [0.15, 0.2) is 72.2 Å². The van der Waals surface area contributed by atoms with E-state index < -0.39 is 11.7 Å². The Bertz CT molecular complexity index is 912. The highest BCUT2D eigenvalue weighted by Crippen LogP contribution is 2.30. The summed E-state index contributed by atoms with van der Waals surface area (Å²) < 4.78 is 55.0. The highest BCUT2D eigenvalue weighted by Gasteiger charge is 2.30. The average Bonchev–Trinajstić information content (AvgIpc) is 2.83. The standard InChI is InChI=1S/C25H29F3N2O3/c26-25(27,28)21-7-9-22(10-8-21)31-16-4-11-29-12-14-30(15-13-29)24-19-32-23(18-33-24)17-20-5-2-1-3-6-20/h1-2,5,7-10,18-19H,3-4,6,11-17H2. The SMILES string of the molecule is FC(F)(F)c1ccc(OCCCN2CCN(C3=COC(CC4=CC=CCC4)=CO3)CC2)cc1. The molecule has 8 heteroatoms. The van der Waals surface area contributed by atoms with Gasteiger partial charge in [-0.3, -0.25) is 4.90 Å². The normalized spacial score (nSPS) is 19.2. The highest BCUT2D eigenvalue weighted by atomic mass is 19.4. The van der Waals surface area contributed by atoms with Crippen LogP contribution in [0.1, 0.15) is 31.2 Å². The first kappa shape index (κ1) is 23.3. The quantitative estimate of drug-likeness (QED) is 0.481. The van der Waals surface area contributed by atoms with Crippen LogP contribution in [-0.4, -0.2) is 49.1 Å². The zero-order valence-electron chi connectivity index (χ0n) is 18.5. The van der Waals surface area contributed by atoms with E-state index >= 15 is 0 Å². The Labute approximate surface area is 192 Å². The lowest BCUT2D eigenvalue weighted by molar-refractivity contribution is -0.137. The summed E-state index contributed by atoms with van der Waals surface area (Å²) in [4.78, 5) is 4.52. The molecule has 1 saturated heterocycles. The van der Waals surface area contributed by atoms with Crippen molar-refractivity contribution in [3.63, 3.8) is 0 Å². The first-order valence-corrected chi connectivity index (χ1v) is 11.3. The van der Waals surface area contributed by atoms with E-state index in [9.17, 15) is 13.2 Å². The Balaban J connectivity index is 1.11. The van der Waals surface area contributed by atoms with Crippen molar-refractivity contribution in [2.75, 3.05) is 39.3 Å². The molecule has 33 heavy (non-hydrogen) atoms. The first-order chi connectivity index (χ1) is 16.0. The molecule has 0 spiro atoms. The minimum atomic E-state index is -4.32. The average molecular weight is 463 g/mol. The van der Waals surface area contributed by atoms with E-state index in [0.29, 0.717) is 12.4 Å².